The molecule has 3 fully saturated rings. The highest BCUT2D eigenvalue weighted by Gasteiger charge is 2.43. The molecule has 1 atom stereocenters. The highest BCUT2D eigenvalue weighted by molar-refractivity contribution is 7.09. The van der Waals surface area contributed by atoms with E-state index in [1.165, 1.54) is 43.7 Å². The number of aromatic nitrogens is 1. The standard InChI is InChI=1S/C17H26N4OS.C2HF3O2/c22-16(20-8-1-2-9-20)21-10-5-17(14-21)4-3-7-19(13-17)12-15-18-6-11-23-15;3-2(4,5)1(6)7/h6,11H,1-5,7-10,12-14H2;(H,6,7). The van der Waals surface area contributed by atoms with Crippen molar-refractivity contribution in [1.29, 1.82) is 0 Å². The number of aliphatic carboxylic acids is 1. The molecule has 3 aliphatic heterocycles. The molecular weight excluding hydrogens is 421 g/mol. The van der Waals surface area contributed by atoms with Gasteiger partial charge in [0.25, 0.3) is 0 Å². The number of urea groups is 1. The number of alkyl halides is 3. The zero-order valence-corrected chi connectivity index (χ0v) is 17.6. The van der Waals surface area contributed by atoms with Crippen LogP contribution in [0.15, 0.2) is 11.6 Å². The number of halogens is 3. The van der Waals surface area contributed by atoms with Crippen LogP contribution in [0.25, 0.3) is 0 Å². The van der Waals surface area contributed by atoms with Crippen molar-refractivity contribution < 1.29 is 27.9 Å². The molecule has 0 bridgehead atoms. The van der Waals surface area contributed by atoms with Crippen LogP contribution in [-0.2, 0) is 11.3 Å². The first kappa shape index (κ1) is 22.8. The van der Waals surface area contributed by atoms with Gasteiger partial charge in [-0.1, -0.05) is 0 Å². The van der Waals surface area contributed by atoms with Crippen molar-refractivity contribution in [3.63, 3.8) is 0 Å². The van der Waals surface area contributed by atoms with Gasteiger partial charge in [0, 0.05) is 49.7 Å². The van der Waals surface area contributed by atoms with E-state index < -0.39 is 12.1 Å². The van der Waals surface area contributed by atoms with Crippen molar-refractivity contribution in [1.82, 2.24) is 19.7 Å². The molecule has 0 radical (unpaired) electrons. The first-order chi connectivity index (χ1) is 14.2. The molecule has 3 saturated heterocycles. The third-order valence-electron chi connectivity index (χ3n) is 5.91. The second kappa shape index (κ2) is 9.51. The van der Waals surface area contributed by atoms with Gasteiger partial charge in [-0.2, -0.15) is 13.2 Å². The Labute approximate surface area is 177 Å². The van der Waals surface area contributed by atoms with Gasteiger partial charge in [0.1, 0.15) is 5.01 Å². The summed E-state index contributed by atoms with van der Waals surface area (Å²) < 4.78 is 31.7. The Bertz CT molecular complexity index is 725. The maximum Gasteiger partial charge on any atom is 0.490 e. The minimum atomic E-state index is -5.08. The number of rotatable bonds is 2. The number of carboxylic acids is 1. The molecule has 11 heteroatoms. The summed E-state index contributed by atoms with van der Waals surface area (Å²) in [4.78, 5) is 32.7. The van der Waals surface area contributed by atoms with Gasteiger partial charge in [-0.05, 0) is 38.6 Å². The van der Waals surface area contributed by atoms with Crippen LogP contribution in [0.4, 0.5) is 18.0 Å². The van der Waals surface area contributed by atoms with Crippen LogP contribution >= 0.6 is 11.3 Å². The Hall–Kier alpha value is -1.88. The fourth-order valence-corrected chi connectivity index (χ4v) is 5.16. The normalized spacial score (nSPS) is 24.8. The van der Waals surface area contributed by atoms with Gasteiger partial charge >= 0.3 is 18.2 Å². The number of piperidine rings is 1. The average Bonchev–Trinajstić information content (AvgIpc) is 3.43. The Morgan fingerprint density at radius 1 is 1.07 bits per heavy atom. The number of thiazole rings is 1. The minimum absolute atomic E-state index is 0.288. The van der Waals surface area contributed by atoms with E-state index in [4.69, 9.17) is 9.90 Å². The molecule has 0 saturated carbocycles. The molecule has 0 aromatic carbocycles. The van der Waals surface area contributed by atoms with Crippen molar-refractivity contribution in [2.24, 2.45) is 5.41 Å². The van der Waals surface area contributed by atoms with E-state index in [1.54, 1.807) is 11.3 Å². The number of carboxylic acid groups (broad SMARTS) is 1. The summed E-state index contributed by atoms with van der Waals surface area (Å²) in [7, 11) is 0. The van der Waals surface area contributed by atoms with E-state index in [2.05, 4.69) is 25.1 Å². The highest BCUT2D eigenvalue weighted by atomic mass is 32.1. The molecule has 7 nitrogen and oxygen atoms in total. The van der Waals surface area contributed by atoms with E-state index in [0.717, 1.165) is 39.3 Å². The lowest BCUT2D eigenvalue weighted by Gasteiger charge is -2.40. The molecule has 0 aliphatic carbocycles. The Morgan fingerprint density at radius 3 is 2.37 bits per heavy atom. The van der Waals surface area contributed by atoms with Gasteiger partial charge in [-0.3, -0.25) is 4.90 Å². The molecule has 1 aromatic heterocycles. The topological polar surface area (TPSA) is 77.0 Å². The largest absolute Gasteiger partial charge is 0.490 e. The van der Waals surface area contributed by atoms with Crippen LogP contribution in [0.1, 0.15) is 37.1 Å². The Morgan fingerprint density at radius 2 is 1.77 bits per heavy atom. The predicted molar refractivity (Wildman–Crippen MR) is 105 cm³/mol. The molecule has 30 heavy (non-hydrogen) atoms. The summed E-state index contributed by atoms with van der Waals surface area (Å²) in [5.41, 5.74) is 0.324. The summed E-state index contributed by atoms with van der Waals surface area (Å²) in [5.74, 6) is -2.76. The smallest absolute Gasteiger partial charge is 0.475 e. The predicted octanol–water partition coefficient (Wildman–Crippen LogP) is 3.28. The van der Waals surface area contributed by atoms with Crippen molar-refractivity contribution >= 4 is 23.3 Å². The summed E-state index contributed by atoms with van der Waals surface area (Å²) in [6.07, 6.45) is 2.84. The summed E-state index contributed by atoms with van der Waals surface area (Å²) in [6, 6.07) is 0.288. The van der Waals surface area contributed by atoms with E-state index in [1.807, 2.05) is 6.20 Å². The molecular formula is C19H27F3N4O3S. The molecule has 1 unspecified atom stereocenters. The van der Waals surface area contributed by atoms with Crippen LogP contribution < -0.4 is 0 Å². The van der Waals surface area contributed by atoms with Gasteiger partial charge < -0.3 is 14.9 Å². The lowest BCUT2D eigenvalue weighted by molar-refractivity contribution is -0.192. The molecule has 1 aromatic rings. The van der Waals surface area contributed by atoms with Crippen LogP contribution in [0.5, 0.6) is 0 Å². The first-order valence-electron chi connectivity index (χ1n) is 10.1. The van der Waals surface area contributed by atoms with E-state index in [-0.39, 0.29) is 6.03 Å². The quantitative estimate of drug-likeness (QED) is 0.752. The number of carbonyl (C=O) groups is 2. The molecule has 4 heterocycles. The SMILES string of the molecule is O=C(N1CCCC1)N1CCC2(CCCN(Cc3nccs3)C2)C1.O=C(O)C(F)(F)F. The molecule has 2 amide bonds. The fraction of sp³-hybridized carbons (Fsp3) is 0.737. The molecule has 3 aliphatic rings. The van der Waals surface area contributed by atoms with Gasteiger partial charge in [-0.25, -0.2) is 14.6 Å². The maximum atomic E-state index is 12.6. The average molecular weight is 449 g/mol. The zero-order chi connectivity index (χ0) is 21.8. The lowest BCUT2D eigenvalue weighted by Crippen LogP contribution is -2.46. The Kier molecular flexibility index (Phi) is 7.22. The zero-order valence-electron chi connectivity index (χ0n) is 16.7. The van der Waals surface area contributed by atoms with Gasteiger partial charge in [-0.15, -0.1) is 11.3 Å². The van der Waals surface area contributed by atoms with Crippen molar-refractivity contribution in [2.75, 3.05) is 39.3 Å². The number of amides is 2. The highest BCUT2D eigenvalue weighted by Crippen LogP contribution is 2.39. The van der Waals surface area contributed by atoms with E-state index in [0.29, 0.717) is 5.41 Å². The molecule has 4 rings (SSSR count). The molecule has 1 spiro atoms. The third kappa shape index (κ3) is 5.84. The number of hydrogen-bond donors (Lipinski definition) is 1. The summed E-state index contributed by atoms with van der Waals surface area (Å²) in [6.45, 7) is 7.07. The first-order valence-corrected chi connectivity index (χ1v) is 11.0. The summed E-state index contributed by atoms with van der Waals surface area (Å²) >= 11 is 1.75. The lowest BCUT2D eigenvalue weighted by atomic mass is 9.79. The molecule has 1 N–H and O–H groups in total. The number of hydrogen-bond acceptors (Lipinski definition) is 5. The fourth-order valence-electron chi connectivity index (χ4n) is 4.51. The summed E-state index contributed by atoms with van der Waals surface area (Å²) in [5, 5.41) is 10.4. The van der Waals surface area contributed by atoms with Crippen molar-refractivity contribution in [3.05, 3.63) is 16.6 Å². The van der Waals surface area contributed by atoms with Gasteiger partial charge in [0.15, 0.2) is 0 Å². The van der Waals surface area contributed by atoms with Crippen LogP contribution in [0.2, 0.25) is 0 Å². The second-order valence-electron chi connectivity index (χ2n) is 8.19. The maximum absolute atomic E-state index is 12.6. The second-order valence-corrected chi connectivity index (χ2v) is 9.17. The van der Waals surface area contributed by atoms with Gasteiger partial charge in [0.05, 0.1) is 6.54 Å². The third-order valence-corrected chi connectivity index (χ3v) is 6.68. The van der Waals surface area contributed by atoms with Crippen LogP contribution in [0, 0.1) is 5.41 Å². The van der Waals surface area contributed by atoms with Crippen LogP contribution in [-0.4, -0.2) is 82.2 Å². The number of nitrogens with zero attached hydrogens (tertiary/aromatic N) is 4. The van der Waals surface area contributed by atoms with Crippen LogP contribution in [0.3, 0.4) is 0 Å². The van der Waals surface area contributed by atoms with Gasteiger partial charge in [0.2, 0.25) is 0 Å². The Balaban J connectivity index is 0.000000318. The number of likely N-dealkylation sites (tertiary alicyclic amines) is 3. The van der Waals surface area contributed by atoms with E-state index >= 15 is 0 Å². The molecule has 168 valence electrons. The van der Waals surface area contributed by atoms with Crippen molar-refractivity contribution in [3.8, 4) is 0 Å². The number of carbonyl (C=O) groups excluding carboxylic acids is 1. The van der Waals surface area contributed by atoms with Crippen molar-refractivity contribution in [2.45, 2.75) is 44.8 Å². The van der Waals surface area contributed by atoms with E-state index in [9.17, 15) is 18.0 Å². The monoisotopic (exact) mass is 448 g/mol. The minimum Gasteiger partial charge on any atom is -0.475 e.